The summed E-state index contributed by atoms with van der Waals surface area (Å²) >= 11 is 6.70. The van der Waals surface area contributed by atoms with Crippen molar-refractivity contribution in [1.82, 2.24) is 15.1 Å². The standard InChI is InChI=1S/C15H25ClN4O2S/c1-11(2)8-14(22)20-15-19-12(10-23-15)9-13(21)17-6-4-3-5-7-18-16/h10-11,18H,3-9H2,1-2H3,(H,17,21)(H,19,20,22). The zero-order chi connectivity index (χ0) is 17.1. The molecule has 130 valence electrons. The molecule has 3 N–H and O–H groups in total. The van der Waals surface area contributed by atoms with Crippen LogP contribution in [-0.2, 0) is 16.0 Å². The first-order valence-electron chi connectivity index (χ1n) is 7.85. The molecule has 1 aromatic heterocycles. The van der Waals surface area contributed by atoms with E-state index in [1.807, 2.05) is 13.8 Å². The highest BCUT2D eigenvalue weighted by Gasteiger charge is 2.10. The van der Waals surface area contributed by atoms with E-state index in [0.717, 1.165) is 25.8 Å². The lowest BCUT2D eigenvalue weighted by Crippen LogP contribution is -2.26. The van der Waals surface area contributed by atoms with Crippen molar-refractivity contribution in [2.24, 2.45) is 5.92 Å². The molecule has 0 radical (unpaired) electrons. The van der Waals surface area contributed by atoms with Crippen molar-refractivity contribution in [1.29, 1.82) is 0 Å². The maximum Gasteiger partial charge on any atom is 0.226 e. The van der Waals surface area contributed by atoms with Crippen LogP contribution in [0.2, 0.25) is 0 Å². The summed E-state index contributed by atoms with van der Waals surface area (Å²) in [6.45, 7) is 5.41. The van der Waals surface area contributed by atoms with Gasteiger partial charge in [0.15, 0.2) is 5.13 Å². The van der Waals surface area contributed by atoms with Gasteiger partial charge in [0.1, 0.15) is 0 Å². The Kier molecular flexibility index (Phi) is 9.82. The van der Waals surface area contributed by atoms with Crippen molar-refractivity contribution in [2.45, 2.75) is 46.0 Å². The minimum atomic E-state index is -0.0502. The molecule has 8 heteroatoms. The molecule has 0 saturated carbocycles. The average Bonchev–Trinajstić information content (AvgIpc) is 2.88. The van der Waals surface area contributed by atoms with Crippen LogP contribution in [0.15, 0.2) is 5.38 Å². The topological polar surface area (TPSA) is 83.1 Å². The summed E-state index contributed by atoms with van der Waals surface area (Å²) in [5, 5.41) is 7.98. The lowest BCUT2D eigenvalue weighted by Gasteiger charge is -2.04. The molecule has 2 amide bonds. The van der Waals surface area contributed by atoms with Crippen LogP contribution in [0.3, 0.4) is 0 Å². The zero-order valence-corrected chi connectivity index (χ0v) is 15.2. The maximum atomic E-state index is 11.8. The molecule has 6 nitrogen and oxygen atoms in total. The van der Waals surface area contributed by atoms with Crippen LogP contribution in [0.1, 0.15) is 45.2 Å². The van der Waals surface area contributed by atoms with Crippen LogP contribution in [0.25, 0.3) is 0 Å². The van der Waals surface area contributed by atoms with E-state index in [1.165, 1.54) is 11.3 Å². The van der Waals surface area contributed by atoms with Gasteiger partial charge in [-0.3, -0.25) is 9.59 Å². The van der Waals surface area contributed by atoms with Gasteiger partial charge in [0.25, 0.3) is 0 Å². The molecule has 1 rings (SSSR count). The minimum Gasteiger partial charge on any atom is -0.356 e. The Labute approximate surface area is 146 Å². The largest absolute Gasteiger partial charge is 0.356 e. The predicted octanol–water partition coefficient (Wildman–Crippen LogP) is 2.70. The summed E-state index contributed by atoms with van der Waals surface area (Å²) in [7, 11) is 0. The molecule has 1 heterocycles. The van der Waals surface area contributed by atoms with Crippen LogP contribution < -0.4 is 15.5 Å². The second kappa shape index (κ2) is 11.4. The van der Waals surface area contributed by atoms with E-state index in [4.69, 9.17) is 11.8 Å². The SMILES string of the molecule is CC(C)CC(=O)Nc1nc(CC(=O)NCCCCCNCl)cs1. The monoisotopic (exact) mass is 360 g/mol. The fourth-order valence-electron chi connectivity index (χ4n) is 1.94. The van der Waals surface area contributed by atoms with Crippen molar-refractivity contribution < 1.29 is 9.59 Å². The summed E-state index contributed by atoms with van der Waals surface area (Å²) < 4.78 is 0. The Hall–Kier alpha value is -1.18. The van der Waals surface area contributed by atoms with Gasteiger partial charge in [0.2, 0.25) is 11.8 Å². The molecule has 0 aromatic carbocycles. The molecule has 0 aliphatic carbocycles. The number of hydrogen-bond acceptors (Lipinski definition) is 5. The first kappa shape index (κ1) is 19.9. The van der Waals surface area contributed by atoms with Crippen molar-refractivity contribution in [3.05, 3.63) is 11.1 Å². The van der Waals surface area contributed by atoms with Crippen molar-refractivity contribution in [2.75, 3.05) is 18.4 Å². The van der Waals surface area contributed by atoms with Crippen LogP contribution >= 0.6 is 23.1 Å². The normalized spacial score (nSPS) is 10.8. The fourth-order valence-corrected chi connectivity index (χ4v) is 2.80. The van der Waals surface area contributed by atoms with E-state index in [1.54, 1.807) is 5.38 Å². The highest BCUT2D eigenvalue weighted by Crippen LogP contribution is 2.16. The predicted molar refractivity (Wildman–Crippen MR) is 94.6 cm³/mol. The van der Waals surface area contributed by atoms with E-state index in [-0.39, 0.29) is 18.2 Å². The zero-order valence-electron chi connectivity index (χ0n) is 13.7. The maximum absolute atomic E-state index is 11.8. The van der Waals surface area contributed by atoms with E-state index >= 15 is 0 Å². The first-order chi connectivity index (χ1) is 11.0. The number of nitrogens with one attached hydrogen (secondary N) is 3. The second-order valence-corrected chi connectivity index (χ2v) is 6.89. The quantitative estimate of drug-likeness (QED) is 0.418. The smallest absolute Gasteiger partial charge is 0.226 e. The molecule has 0 atom stereocenters. The van der Waals surface area contributed by atoms with Crippen molar-refractivity contribution in [3.63, 3.8) is 0 Å². The number of carbonyl (C=O) groups excluding carboxylic acids is 2. The number of nitrogens with zero attached hydrogens (tertiary/aromatic N) is 1. The number of thiazole rings is 1. The summed E-state index contributed by atoms with van der Waals surface area (Å²) in [4.78, 5) is 30.3. The number of rotatable bonds is 11. The van der Waals surface area contributed by atoms with Crippen LogP contribution in [0, 0.1) is 5.92 Å². The summed E-state index contributed by atoms with van der Waals surface area (Å²) in [6, 6.07) is 0. The fraction of sp³-hybridized carbons (Fsp3) is 0.667. The Bertz CT molecular complexity index is 494. The van der Waals surface area contributed by atoms with E-state index in [9.17, 15) is 9.59 Å². The van der Waals surface area contributed by atoms with E-state index < -0.39 is 0 Å². The van der Waals surface area contributed by atoms with Crippen LogP contribution in [-0.4, -0.2) is 29.9 Å². The van der Waals surface area contributed by atoms with Crippen LogP contribution in [0.5, 0.6) is 0 Å². The molecule has 0 aliphatic rings. The van der Waals surface area contributed by atoms with Crippen LogP contribution in [0.4, 0.5) is 5.13 Å². The molecule has 0 spiro atoms. The number of halogens is 1. The molecule has 23 heavy (non-hydrogen) atoms. The highest BCUT2D eigenvalue weighted by molar-refractivity contribution is 7.13. The van der Waals surface area contributed by atoms with Gasteiger partial charge in [0, 0.05) is 24.9 Å². The lowest BCUT2D eigenvalue weighted by atomic mass is 10.1. The lowest BCUT2D eigenvalue weighted by molar-refractivity contribution is -0.120. The molecule has 0 aliphatic heterocycles. The third-order valence-electron chi connectivity index (χ3n) is 3.00. The Morgan fingerprint density at radius 3 is 2.65 bits per heavy atom. The Morgan fingerprint density at radius 1 is 1.22 bits per heavy atom. The third-order valence-corrected chi connectivity index (χ3v) is 4.00. The third kappa shape index (κ3) is 9.53. The number of hydrogen-bond donors (Lipinski definition) is 3. The Morgan fingerprint density at radius 2 is 1.96 bits per heavy atom. The molecule has 0 unspecified atom stereocenters. The minimum absolute atomic E-state index is 0.0446. The molecular weight excluding hydrogens is 336 g/mol. The average molecular weight is 361 g/mol. The van der Waals surface area contributed by atoms with Gasteiger partial charge in [0.05, 0.1) is 12.1 Å². The Balaban J connectivity index is 2.24. The number of aromatic nitrogens is 1. The molecular formula is C15H25ClN4O2S. The number of carbonyl (C=O) groups is 2. The van der Waals surface area contributed by atoms with Gasteiger partial charge in [-0.2, -0.15) is 0 Å². The second-order valence-electron chi connectivity index (χ2n) is 5.76. The van der Waals surface area contributed by atoms with Gasteiger partial charge in [-0.1, -0.05) is 20.3 Å². The highest BCUT2D eigenvalue weighted by atomic mass is 35.5. The van der Waals surface area contributed by atoms with Crippen molar-refractivity contribution >= 4 is 40.1 Å². The summed E-state index contributed by atoms with van der Waals surface area (Å²) in [5.41, 5.74) is 0.679. The van der Waals surface area contributed by atoms with Gasteiger partial charge in [-0.05, 0) is 30.5 Å². The summed E-state index contributed by atoms with van der Waals surface area (Å²) in [5.74, 6) is 0.211. The number of unbranched alkanes of at least 4 members (excludes halogenated alkanes) is 2. The molecule has 0 bridgehead atoms. The van der Waals surface area contributed by atoms with E-state index in [2.05, 4.69) is 20.5 Å². The number of anilines is 1. The molecule has 1 aromatic rings. The summed E-state index contributed by atoms with van der Waals surface area (Å²) in [6.07, 6.45) is 3.64. The molecule has 0 fully saturated rings. The van der Waals surface area contributed by atoms with Gasteiger partial charge < -0.3 is 10.6 Å². The van der Waals surface area contributed by atoms with Gasteiger partial charge in [-0.15, -0.1) is 11.3 Å². The van der Waals surface area contributed by atoms with Gasteiger partial charge in [-0.25, -0.2) is 9.82 Å². The number of amides is 2. The molecule has 0 saturated heterocycles. The first-order valence-corrected chi connectivity index (χ1v) is 9.11. The van der Waals surface area contributed by atoms with Gasteiger partial charge >= 0.3 is 0 Å². The van der Waals surface area contributed by atoms with Crippen molar-refractivity contribution in [3.8, 4) is 0 Å². The van der Waals surface area contributed by atoms with E-state index in [0.29, 0.717) is 29.7 Å².